The largest absolute Gasteiger partial charge is 0.463 e. The van der Waals surface area contributed by atoms with Crippen LogP contribution in [0.15, 0.2) is 40.0 Å². The zero-order valence-corrected chi connectivity index (χ0v) is 11.3. The third kappa shape index (κ3) is 2.57. The molecule has 0 aromatic carbocycles. The van der Waals surface area contributed by atoms with Crippen molar-refractivity contribution in [3.8, 4) is 0 Å². The van der Waals surface area contributed by atoms with Crippen LogP contribution in [0.5, 0.6) is 0 Å². The van der Waals surface area contributed by atoms with Crippen LogP contribution in [0.2, 0.25) is 0 Å². The van der Waals surface area contributed by atoms with Crippen molar-refractivity contribution in [2.24, 2.45) is 16.8 Å². The predicted molar refractivity (Wildman–Crippen MR) is 73.2 cm³/mol. The van der Waals surface area contributed by atoms with Crippen LogP contribution in [0.4, 0.5) is 0 Å². The van der Waals surface area contributed by atoms with Gasteiger partial charge in [-0.25, -0.2) is 4.99 Å². The number of hydrogen-bond acceptors (Lipinski definition) is 3. The number of aliphatic imine (C=N–C) groups is 1. The van der Waals surface area contributed by atoms with Crippen LogP contribution in [-0.2, 0) is 9.59 Å². The monoisotopic (exact) mass is 272 g/mol. The summed E-state index contributed by atoms with van der Waals surface area (Å²) in [6.45, 7) is 0.727. The van der Waals surface area contributed by atoms with Crippen molar-refractivity contribution in [1.29, 1.82) is 0 Å². The summed E-state index contributed by atoms with van der Waals surface area (Å²) in [6.07, 6.45) is 7.16. The number of amides is 2. The van der Waals surface area contributed by atoms with E-state index in [9.17, 15) is 9.59 Å². The van der Waals surface area contributed by atoms with E-state index in [1.165, 1.54) is 19.1 Å². The lowest BCUT2D eigenvalue weighted by molar-refractivity contribution is -0.138. The summed E-state index contributed by atoms with van der Waals surface area (Å²) in [5, 5.41) is 0. The fraction of sp³-hybridized carbons (Fsp3) is 0.400. The molecule has 2 aliphatic rings. The molecule has 0 N–H and O–H groups in total. The lowest BCUT2D eigenvalue weighted by Gasteiger charge is -2.21. The van der Waals surface area contributed by atoms with Crippen LogP contribution >= 0.6 is 0 Å². The van der Waals surface area contributed by atoms with Crippen molar-refractivity contribution in [3.05, 3.63) is 36.3 Å². The summed E-state index contributed by atoms with van der Waals surface area (Å²) in [7, 11) is 1.74. The maximum atomic E-state index is 12.2. The van der Waals surface area contributed by atoms with Crippen LogP contribution in [0.3, 0.4) is 0 Å². The molecule has 5 heteroatoms. The second-order valence-electron chi connectivity index (χ2n) is 5.31. The molecule has 5 nitrogen and oxygen atoms in total. The van der Waals surface area contributed by atoms with Gasteiger partial charge >= 0.3 is 0 Å². The van der Waals surface area contributed by atoms with Gasteiger partial charge in [-0.3, -0.25) is 9.59 Å². The minimum Gasteiger partial charge on any atom is -0.463 e. The summed E-state index contributed by atoms with van der Waals surface area (Å²) >= 11 is 0. The maximum absolute atomic E-state index is 12.2. The average Bonchev–Trinajstić information content (AvgIpc) is 3.07. The molecule has 1 aromatic rings. The van der Waals surface area contributed by atoms with Gasteiger partial charge in [-0.1, -0.05) is 6.08 Å². The molecular weight excluding hydrogens is 256 g/mol. The average molecular weight is 272 g/mol. The second-order valence-corrected chi connectivity index (χ2v) is 5.31. The molecule has 2 amide bonds. The van der Waals surface area contributed by atoms with Crippen LogP contribution < -0.4 is 0 Å². The highest BCUT2D eigenvalue weighted by Gasteiger charge is 2.32. The molecule has 1 aliphatic carbocycles. The van der Waals surface area contributed by atoms with Gasteiger partial charge in [0.1, 0.15) is 11.6 Å². The van der Waals surface area contributed by atoms with Gasteiger partial charge in [-0.15, -0.1) is 0 Å². The maximum Gasteiger partial charge on any atom is 0.262 e. The molecule has 0 spiro atoms. The van der Waals surface area contributed by atoms with Gasteiger partial charge in [0.2, 0.25) is 5.91 Å². The summed E-state index contributed by atoms with van der Waals surface area (Å²) in [5.41, 5.74) is 0.467. The molecule has 3 rings (SSSR count). The predicted octanol–water partition coefficient (Wildman–Crippen LogP) is 1.65. The number of dihydropyridines is 1. The summed E-state index contributed by atoms with van der Waals surface area (Å²) in [6, 6.07) is 3.47. The zero-order valence-electron chi connectivity index (χ0n) is 11.3. The van der Waals surface area contributed by atoms with Gasteiger partial charge in [0, 0.05) is 13.6 Å². The molecule has 0 bridgehead atoms. The fourth-order valence-corrected chi connectivity index (χ4v) is 2.26. The number of carbonyl (C=O) groups is 2. The molecule has 0 radical (unpaired) electrons. The number of carbonyl (C=O) groups excluding carboxylic acids is 2. The molecule has 2 heterocycles. The highest BCUT2D eigenvalue weighted by atomic mass is 16.3. The minimum atomic E-state index is -0.794. The third-order valence-corrected chi connectivity index (χ3v) is 3.59. The summed E-state index contributed by atoms with van der Waals surface area (Å²) in [5.74, 6) is -0.259. The van der Waals surface area contributed by atoms with E-state index in [1.54, 1.807) is 36.2 Å². The van der Waals surface area contributed by atoms with Crippen LogP contribution in [0.25, 0.3) is 0 Å². The van der Waals surface area contributed by atoms with Gasteiger partial charge in [0.15, 0.2) is 5.76 Å². The molecule has 1 atom stereocenters. The second kappa shape index (κ2) is 5.07. The quantitative estimate of drug-likeness (QED) is 0.783. The Balaban J connectivity index is 1.69. The summed E-state index contributed by atoms with van der Waals surface area (Å²) < 4.78 is 5.20. The van der Waals surface area contributed by atoms with E-state index in [0.717, 1.165) is 6.54 Å². The molecule has 1 aliphatic heterocycles. The van der Waals surface area contributed by atoms with Crippen molar-refractivity contribution in [2.45, 2.75) is 12.8 Å². The minimum absolute atomic E-state index is 0.180. The number of rotatable bonds is 4. The highest BCUT2D eigenvalue weighted by molar-refractivity contribution is 6.17. The Morgan fingerprint density at radius 3 is 2.90 bits per heavy atom. The molecule has 1 aromatic heterocycles. The van der Waals surface area contributed by atoms with Crippen molar-refractivity contribution in [1.82, 2.24) is 4.90 Å². The SMILES string of the molecule is CN(CC1CC1)C(=O)C1C=CC(c2ccco2)=NC1=O. The third-order valence-electron chi connectivity index (χ3n) is 3.59. The number of furan rings is 1. The topological polar surface area (TPSA) is 62.9 Å². The van der Waals surface area contributed by atoms with E-state index < -0.39 is 11.8 Å². The molecule has 1 saturated carbocycles. The molecule has 1 unspecified atom stereocenters. The van der Waals surface area contributed by atoms with Crippen LogP contribution in [0, 0.1) is 11.8 Å². The van der Waals surface area contributed by atoms with Crippen molar-refractivity contribution >= 4 is 17.5 Å². The first-order valence-electron chi connectivity index (χ1n) is 6.75. The van der Waals surface area contributed by atoms with Crippen molar-refractivity contribution < 1.29 is 14.0 Å². The first-order valence-corrected chi connectivity index (χ1v) is 6.75. The Bertz CT molecular complexity index is 582. The van der Waals surface area contributed by atoms with Crippen molar-refractivity contribution in [2.75, 3.05) is 13.6 Å². The number of allylic oxidation sites excluding steroid dienone is 1. The fourth-order valence-electron chi connectivity index (χ4n) is 2.26. The highest BCUT2D eigenvalue weighted by Crippen LogP contribution is 2.30. The van der Waals surface area contributed by atoms with E-state index >= 15 is 0 Å². The Morgan fingerprint density at radius 1 is 1.50 bits per heavy atom. The smallest absolute Gasteiger partial charge is 0.262 e. The van der Waals surface area contributed by atoms with Crippen LogP contribution in [0.1, 0.15) is 18.6 Å². The Morgan fingerprint density at radius 2 is 2.30 bits per heavy atom. The first kappa shape index (κ1) is 12.8. The van der Waals surface area contributed by atoms with E-state index in [-0.39, 0.29) is 5.91 Å². The Labute approximate surface area is 117 Å². The molecule has 20 heavy (non-hydrogen) atoms. The number of nitrogens with zero attached hydrogens (tertiary/aromatic N) is 2. The standard InChI is InChI=1S/C15H16N2O3/c1-17(9-10-4-5-10)15(19)11-6-7-12(16-14(11)18)13-3-2-8-20-13/h2-3,6-8,10-11H,4-5,9H2,1H3. The molecular formula is C15H16N2O3. The molecule has 104 valence electrons. The summed E-state index contributed by atoms with van der Waals surface area (Å²) in [4.78, 5) is 29.8. The zero-order chi connectivity index (χ0) is 14.1. The Hall–Kier alpha value is -2.17. The van der Waals surface area contributed by atoms with Crippen LogP contribution in [-0.4, -0.2) is 36.0 Å². The molecule has 0 saturated heterocycles. The van der Waals surface area contributed by atoms with E-state index in [1.807, 2.05) is 0 Å². The lowest BCUT2D eigenvalue weighted by atomic mass is 10.0. The van der Waals surface area contributed by atoms with Gasteiger partial charge in [0.05, 0.1) is 6.26 Å². The van der Waals surface area contributed by atoms with Gasteiger partial charge < -0.3 is 9.32 Å². The van der Waals surface area contributed by atoms with Gasteiger partial charge in [-0.2, -0.15) is 0 Å². The normalized spacial score (nSPS) is 21.8. The first-order chi connectivity index (χ1) is 9.65. The van der Waals surface area contributed by atoms with Crippen molar-refractivity contribution in [3.63, 3.8) is 0 Å². The van der Waals surface area contributed by atoms with Gasteiger partial charge in [0.25, 0.3) is 5.91 Å². The van der Waals surface area contributed by atoms with E-state index in [4.69, 9.17) is 4.42 Å². The van der Waals surface area contributed by atoms with Gasteiger partial charge in [-0.05, 0) is 37.0 Å². The Kier molecular flexibility index (Phi) is 3.26. The van der Waals surface area contributed by atoms with E-state index in [0.29, 0.717) is 17.4 Å². The molecule has 1 fully saturated rings. The number of hydrogen-bond donors (Lipinski definition) is 0. The lowest BCUT2D eigenvalue weighted by Crippen LogP contribution is -2.38. The van der Waals surface area contributed by atoms with E-state index in [2.05, 4.69) is 4.99 Å².